The van der Waals surface area contributed by atoms with Crippen LogP contribution in [0.2, 0.25) is 19.6 Å². The van der Waals surface area contributed by atoms with Gasteiger partial charge in [0.15, 0.2) is 0 Å². The third-order valence-corrected chi connectivity index (χ3v) is 7.36. The summed E-state index contributed by atoms with van der Waals surface area (Å²) in [7, 11) is -1.56. The van der Waals surface area contributed by atoms with Crippen LogP contribution < -0.4 is 16.2 Å². The van der Waals surface area contributed by atoms with Gasteiger partial charge >= 0.3 is 0 Å². The highest BCUT2D eigenvalue weighted by Crippen LogP contribution is 2.35. The quantitative estimate of drug-likeness (QED) is 0.459. The van der Waals surface area contributed by atoms with Crippen molar-refractivity contribution in [3.05, 3.63) is 35.7 Å². The van der Waals surface area contributed by atoms with Crippen LogP contribution in [0.25, 0.3) is 5.57 Å². The lowest BCUT2D eigenvalue weighted by atomic mass is 9.99. The summed E-state index contributed by atoms with van der Waals surface area (Å²) in [5, 5.41) is 3.10. The summed E-state index contributed by atoms with van der Waals surface area (Å²) in [5.41, 5.74) is 12.6. The van der Waals surface area contributed by atoms with Crippen LogP contribution in [-0.4, -0.2) is 55.1 Å². The van der Waals surface area contributed by atoms with Crippen molar-refractivity contribution in [2.75, 3.05) is 13.1 Å². The SMILES string of the molecule is CC(C(=O)NC1CC(C2CC2)NN1)c1ccc(C2=CCN(C(=O)C#C[Si](C)(C)C)CC2)nc1. The lowest BCUT2D eigenvalue weighted by Crippen LogP contribution is -2.45. The molecular weight excluding hydrogens is 430 g/mol. The Morgan fingerprint density at radius 2 is 2.03 bits per heavy atom. The van der Waals surface area contributed by atoms with Crippen molar-refractivity contribution in [1.29, 1.82) is 0 Å². The van der Waals surface area contributed by atoms with E-state index in [0.29, 0.717) is 19.1 Å². The predicted molar refractivity (Wildman–Crippen MR) is 132 cm³/mol. The van der Waals surface area contributed by atoms with Crippen LogP contribution in [0.4, 0.5) is 0 Å². The fourth-order valence-corrected chi connectivity index (χ4v) is 4.67. The molecule has 33 heavy (non-hydrogen) atoms. The molecule has 3 unspecified atom stereocenters. The topological polar surface area (TPSA) is 86.4 Å². The maximum atomic E-state index is 12.7. The second-order valence-electron chi connectivity index (χ2n) is 10.5. The van der Waals surface area contributed by atoms with E-state index in [9.17, 15) is 9.59 Å². The number of carbonyl (C=O) groups excluding carboxylic acids is 2. The van der Waals surface area contributed by atoms with Crippen molar-refractivity contribution in [1.82, 2.24) is 26.1 Å². The van der Waals surface area contributed by atoms with E-state index in [0.717, 1.165) is 35.6 Å². The predicted octanol–water partition coefficient (Wildman–Crippen LogP) is 2.40. The Hall–Kier alpha value is -2.47. The molecule has 0 aromatic carbocycles. The van der Waals surface area contributed by atoms with Gasteiger partial charge in [-0.05, 0) is 61.6 Å². The minimum Gasteiger partial charge on any atom is -0.339 e. The number of hydrogen-bond acceptors (Lipinski definition) is 5. The zero-order chi connectivity index (χ0) is 23.6. The highest BCUT2D eigenvalue weighted by Gasteiger charge is 2.37. The van der Waals surface area contributed by atoms with Crippen molar-refractivity contribution < 1.29 is 9.59 Å². The first kappa shape index (κ1) is 23.7. The minimum absolute atomic E-state index is 0.00533. The largest absolute Gasteiger partial charge is 0.339 e. The number of nitrogens with zero attached hydrogens (tertiary/aromatic N) is 2. The molecule has 176 valence electrons. The molecule has 4 rings (SSSR count). The summed E-state index contributed by atoms with van der Waals surface area (Å²) < 4.78 is 0. The number of pyridine rings is 1. The standard InChI is InChI=1S/C25H35N5O2Si/c1-17(25(32)27-23-15-22(28-29-23)18-5-6-18)20-7-8-21(26-16-20)19-9-12-30(13-10-19)24(31)11-14-33(2,3)4/h7-9,16-18,22-23,28-29H,5-6,10,12-13,15H2,1-4H3,(H,27,32). The first-order chi connectivity index (χ1) is 15.7. The third-order valence-electron chi connectivity index (χ3n) is 6.49. The monoisotopic (exact) mass is 465 g/mol. The average Bonchev–Trinajstić information content (AvgIpc) is 3.55. The molecule has 0 spiro atoms. The Bertz CT molecular complexity index is 985. The van der Waals surface area contributed by atoms with Crippen molar-refractivity contribution >= 4 is 25.5 Å². The molecule has 1 aromatic rings. The number of hydrogen-bond donors (Lipinski definition) is 3. The molecule has 1 aromatic heterocycles. The molecule has 2 aliphatic heterocycles. The van der Waals surface area contributed by atoms with Crippen LogP contribution in [0.15, 0.2) is 24.4 Å². The van der Waals surface area contributed by atoms with E-state index in [1.165, 1.54) is 12.8 Å². The van der Waals surface area contributed by atoms with Gasteiger partial charge in [-0.15, -0.1) is 5.54 Å². The first-order valence-electron chi connectivity index (χ1n) is 12.0. The third kappa shape index (κ3) is 6.31. The van der Waals surface area contributed by atoms with Crippen molar-refractivity contribution in [2.45, 2.75) is 70.4 Å². The summed E-state index contributed by atoms with van der Waals surface area (Å²) in [5.74, 6) is 3.22. The van der Waals surface area contributed by atoms with Crippen LogP contribution in [0.3, 0.4) is 0 Å². The summed E-state index contributed by atoms with van der Waals surface area (Å²) in [6.07, 6.45) is 8.09. The summed E-state index contributed by atoms with van der Waals surface area (Å²) in [4.78, 5) is 31.5. The Kier molecular flexibility index (Phi) is 7.03. The van der Waals surface area contributed by atoms with Gasteiger partial charge in [-0.25, -0.2) is 5.43 Å². The highest BCUT2D eigenvalue weighted by atomic mass is 28.3. The number of nitrogens with one attached hydrogen (secondary N) is 3. The fraction of sp³-hybridized carbons (Fsp3) is 0.560. The zero-order valence-corrected chi connectivity index (χ0v) is 21.1. The second kappa shape index (κ2) is 9.80. The molecule has 3 heterocycles. The maximum absolute atomic E-state index is 12.7. The average molecular weight is 466 g/mol. The highest BCUT2D eigenvalue weighted by molar-refractivity contribution is 6.84. The van der Waals surface area contributed by atoms with Gasteiger partial charge in [0.25, 0.3) is 5.91 Å². The fourth-order valence-electron chi connectivity index (χ4n) is 4.19. The van der Waals surface area contributed by atoms with E-state index in [1.54, 1.807) is 11.1 Å². The van der Waals surface area contributed by atoms with Gasteiger partial charge in [-0.3, -0.25) is 20.0 Å². The molecule has 1 aliphatic carbocycles. The number of aromatic nitrogens is 1. The lowest BCUT2D eigenvalue weighted by Gasteiger charge is -2.24. The molecule has 3 N–H and O–H groups in total. The Balaban J connectivity index is 1.30. The van der Waals surface area contributed by atoms with E-state index in [1.807, 2.05) is 19.1 Å². The van der Waals surface area contributed by atoms with Gasteiger partial charge in [0.05, 0.1) is 17.8 Å². The van der Waals surface area contributed by atoms with Crippen LogP contribution in [0.5, 0.6) is 0 Å². The van der Waals surface area contributed by atoms with E-state index in [4.69, 9.17) is 0 Å². The van der Waals surface area contributed by atoms with E-state index >= 15 is 0 Å². The van der Waals surface area contributed by atoms with Crippen molar-refractivity contribution in [2.24, 2.45) is 5.92 Å². The molecule has 1 saturated carbocycles. The Morgan fingerprint density at radius 1 is 1.24 bits per heavy atom. The molecule has 0 bridgehead atoms. The van der Waals surface area contributed by atoms with E-state index in [-0.39, 0.29) is 23.9 Å². The summed E-state index contributed by atoms with van der Waals surface area (Å²) in [6, 6.07) is 4.43. The smallest absolute Gasteiger partial charge is 0.298 e. The number of rotatable bonds is 5. The minimum atomic E-state index is -1.56. The second-order valence-corrected chi connectivity index (χ2v) is 15.2. The number of amides is 2. The lowest BCUT2D eigenvalue weighted by molar-refractivity contribution is -0.125. The molecule has 3 aliphatic rings. The van der Waals surface area contributed by atoms with Crippen molar-refractivity contribution in [3.8, 4) is 11.5 Å². The van der Waals surface area contributed by atoms with Crippen LogP contribution >= 0.6 is 0 Å². The van der Waals surface area contributed by atoms with Gasteiger partial charge in [0.2, 0.25) is 5.91 Å². The molecule has 1 saturated heterocycles. The van der Waals surface area contributed by atoms with Crippen LogP contribution in [0, 0.1) is 17.4 Å². The zero-order valence-electron chi connectivity index (χ0n) is 20.1. The van der Waals surface area contributed by atoms with Crippen molar-refractivity contribution in [3.63, 3.8) is 0 Å². The maximum Gasteiger partial charge on any atom is 0.298 e. The molecule has 7 nitrogen and oxygen atoms in total. The summed E-state index contributed by atoms with van der Waals surface area (Å²) >= 11 is 0. The van der Waals surface area contributed by atoms with E-state index in [2.05, 4.69) is 58.3 Å². The molecule has 8 heteroatoms. The van der Waals surface area contributed by atoms with E-state index < -0.39 is 8.07 Å². The van der Waals surface area contributed by atoms with Gasteiger partial charge in [-0.1, -0.05) is 31.8 Å². The summed E-state index contributed by atoms with van der Waals surface area (Å²) in [6.45, 7) is 9.52. The van der Waals surface area contributed by atoms with Gasteiger partial charge in [0, 0.05) is 25.3 Å². The normalized spacial score (nSPS) is 23.9. The van der Waals surface area contributed by atoms with Gasteiger partial charge in [-0.2, -0.15) is 0 Å². The Morgan fingerprint density at radius 3 is 2.64 bits per heavy atom. The van der Waals surface area contributed by atoms with Crippen LogP contribution in [0.1, 0.15) is 49.8 Å². The molecule has 2 fully saturated rings. The first-order valence-corrected chi connectivity index (χ1v) is 15.5. The molecule has 0 radical (unpaired) electrons. The van der Waals surface area contributed by atoms with Gasteiger partial charge in [0.1, 0.15) is 8.07 Å². The number of carbonyl (C=O) groups is 2. The molecular formula is C25H35N5O2Si. The van der Waals surface area contributed by atoms with Crippen LogP contribution in [-0.2, 0) is 9.59 Å². The Labute approximate surface area is 197 Å². The van der Waals surface area contributed by atoms with Gasteiger partial charge < -0.3 is 10.2 Å². The molecule has 3 atom stereocenters. The molecule has 2 amide bonds. The number of hydrazine groups is 1.